The average molecular weight is 660 g/mol. The first-order valence-electron chi connectivity index (χ1n) is 17.2. The Kier molecular flexibility index (Phi) is 10.8. The van der Waals surface area contributed by atoms with Crippen LogP contribution in [0.15, 0.2) is 97.2 Å². The Morgan fingerprint density at radius 2 is 1.51 bits per heavy atom. The molecule has 1 aliphatic heterocycles. The van der Waals surface area contributed by atoms with E-state index < -0.39 is 0 Å². The van der Waals surface area contributed by atoms with Crippen LogP contribution in [0.3, 0.4) is 0 Å². The molecule has 6 rings (SSSR count). The van der Waals surface area contributed by atoms with Gasteiger partial charge in [0.2, 0.25) is 0 Å². The van der Waals surface area contributed by atoms with Crippen LogP contribution in [-0.4, -0.2) is 47.6 Å². The van der Waals surface area contributed by atoms with Gasteiger partial charge < -0.3 is 30.0 Å². The number of likely N-dealkylation sites (tertiary alicyclic amines) is 1. The molecule has 3 N–H and O–H groups in total. The summed E-state index contributed by atoms with van der Waals surface area (Å²) in [5.74, 6) is 1.33. The molecule has 49 heavy (non-hydrogen) atoms. The third-order valence-electron chi connectivity index (χ3n) is 9.13. The normalized spacial score (nSPS) is 13.3. The van der Waals surface area contributed by atoms with Crippen molar-refractivity contribution < 1.29 is 19.1 Å². The number of anilines is 2. The number of ether oxygens (including phenoxy) is 2. The molecule has 0 radical (unpaired) electrons. The predicted octanol–water partition coefficient (Wildman–Crippen LogP) is 8.98. The molecule has 5 aromatic rings. The predicted molar refractivity (Wildman–Crippen MR) is 196 cm³/mol. The first kappa shape index (κ1) is 33.6. The lowest BCUT2D eigenvalue weighted by molar-refractivity contribution is 0.102. The highest BCUT2D eigenvalue weighted by Gasteiger charge is 2.16. The number of hydrogen-bond donors (Lipinski definition) is 3. The van der Waals surface area contributed by atoms with Crippen LogP contribution in [-0.2, 0) is 6.54 Å². The quantitative estimate of drug-likeness (QED) is 0.124. The fraction of sp³-hybridized carbons (Fsp3) is 0.300. The molecular formula is C40H45N5O4. The number of carbonyl (C=O) groups is 2. The van der Waals surface area contributed by atoms with Gasteiger partial charge in [-0.15, -0.1) is 0 Å². The van der Waals surface area contributed by atoms with Crippen molar-refractivity contribution in [3.63, 3.8) is 0 Å². The summed E-state index contributed by atoms with van der Waals surface area (Å²) in [4.78, 5) is 28.1. The number of piperidine rings is 1. The second kappa shape index (κ2) is 15.7. The first-order chi connectivity index (χ1) is 23.9. The van der Waals surface area contributed by atoms with E-state index in [9.17, 15) is 9.59 Å². The standard InChI is InChI=1S/C40H45N5O4/c1-4-30(5-2)42-40(47)43-31-15-20-34(21-16-31)49-37-22-17-32(25-38(37)48-3)41-39(46)28-13-18-33(19-14-28)45-27-29(26-44-23-9-6-10-24-44)35-11-7-8-12-36(35)45/h7-8,11-22,25,27,30H,4-6,9-10,23-24,26H2,1-3H3,(H,41,46)(H2,42,43,47). The molecule has 2 heterocycles. The number of hydrogen-bond acceptors (Lipinski definition) is 5. The number of rotatable bonds is 12. The number of urea groups is 1. The third-order valence-corrected chi connectivity index (χ3v) is 9.13. The molecule has 0 unspecified atom stereocenters. The molecule has 0 saturated carbocycles. The average Bonchev–Trinajstić information content (AvgIpc) is 3.50. The molecule has 9 nitrogen and oxygen atoms in total. The molecule has 0 atom stereocenters. The fourth-order valence-electron chi connectivity index (χ4n) is 6.33. The highest BCUT2D eigenvalue weighted by molar-refractivity contribution is 6.04. The number of para-hydroxylation sites is 1. The van der Waals surface area contributed by atoms with E-state index in [1.165, 1.54) is 30.2 Å². The van der Waals surface area contributed by atoms with Crippen LogP contribution in [0.2, 0.25) is 0 Å². The van der Waals surface area contributed by atoms with Gasteiger partial charge in [0.1, 0.15) is 5.75 Å². The largest absolute Gasteiger partial charge is 0.493 e. The van der Waals surface area contributed by atoms with E-state index in [0.29, 0.717) is 34.2 Å². The van der Waals surface area contributed by atoms with E-state index >= 15 is 0 Å². The minimum atomic E-state index is -0.232. The van der Waals surface area contributed by atoms with Crippen molar-refractivity contribution in [2.45, 2.75) is 58.5 Å². The maximum absolute atomic E-state index is 13.2. The van der Waals surface area contributed by atoms with Crippen LogP contribution >= 0.6 is 0 Å². The van der Waals surface area contributed by atoms with Crippen molar-refractivity contribution in [3.8, 4) is 22.9 Å². The number of nitrogens with one attached hydrogen (secondary N) is 3. The molecule has 254 valence electrons. The Morgan fingerprint density at radius 3 is 2.22 bits per heavy atom. The van der Waals surface area contributed by atoms with Gasteiger partial charge in [-0.25, -0.2) is 4.79 Å². The van der Waals surface area contributed by atoms with Crippen molar-refractivity contribution in [1.82, 2.24) is 14.8 Å². The van der Waals surface area contributed by atoms with E-state index in [0.717, 1.165) is 43.7 Å². The number of aromatic nitrogens is 1. The zero-order valence-corrected chi connectivity index (χ0v) is 28.5. The van der Waals surface area contributed by atoms with Crippen LogP contribution in [0.5, 0.6) is 17.2 Å². The Labute approximate surface area is 288 Å². The second-order valence-corrected chi connectivity index (χ2v) is 12.5. The number of fused-ring (bicyclic) bond motifs is 1. The van der Waals surface area contributed by atoms with Gasteiger partial charge in [-0.2, -0.15) is 0 Å². The van der Waals surface area contributed by atoms with Crippen molar-refractivity contribution >= 4 is 34.2 Å². The summed E-state index contributed by atoms with van der Waals surface area (Å²) in [5.41, 5.74) is 5.29. The lowest BCUT2D eigenvalue weighted by Crippen LogP contribution is -2.37. The van der Waals surface area contributed by atoms with Gasteiger partial charge in [0, 0.05) is 52.9 Å². The fourth-order valence-corrected chi connectivity index (χ4v) is 6.33. The Bertz CT molecular complexity index is 1870. The lowest BCUT2D eigenvalue weighted by atomic mass is 10.1. The molecule has 1 saturated heterocycles. The number of carbonyl (C=O) groups excluding carboxylic acids is 2. The summed E-state index contributed by atoms with van der Waals surface area (Å²) in [5, 5.41) is 10.1. The van der Waals surface area contributed by atoms with Gasteiger partial charge in [-0.1, -0.05) is 38.5 Å². The molecule has 1 aromatic heterocycles. The minimum Gasteiger partial charge on any atom is -0.493 e. The number of amides is 3. The molecule has 9 heteroatoms. The van der Waals surface area contributed by atoms with E-state index in [4.69, 9.17) is 9.47 Å². The molecule has 1 fully saturated rings. The van der Waals surface area contributed by atoms with Crippen LogP contribution in [0.25, 0.3) is 16.6 Å². The number of methoxy groups -OCH3 is 1. The van der Waals surface area contributed by atoms with E-state index in [2.05, 4.69) is 55.9 Å². The molecule has 4 aromatic carbocycles. The third kappa shape index (κ3) is 8.24. The van der Waals surface area contributed by atoms with Gasteiger partial charge in [-0.3, -0.25) is 9.69 Å². The molecule has 0 bridgehead atoms. The number of nitrogens with zero attached hydrogens (tertiary/aromatic N) is 2. The maximum Gasteiger partial charge on any atom is 0.319 e. The van der Waals surface area contributed by atoms with E-state index in [1.54, 1.807) is 49.6 Å². The molecular weight excluding hydrogens is 614 g/mol. The summed E-state index contributed by atoms with van der Waals surface area (Å²) in [7, 11) is 1.56. The topological polar surface area (TPSA) is 96.9 Å². The summed E-state index contributed by atoms with van der Waals surface area (Å²) in [6.45, 7) is 7.34. The van der Waals surface area contributed by atoms with Crippen LogP contribution in [0, 0.1) is 0 Å². The summed E-state index contributed by atoms with van der Waals surface area (Å²) in [6.07, 6.45) is 7.84. The SMILES string of the molecule is CCC(CC)NC(=O)Nc1ccc(Oc2ccc(NC(=O)c3ccc(-n4cc(CN5CCCCC5)c5ccccc54)cc3)cc2OC)cc1. The van der Waals surface area contributed by atoms with Gasteiger partial charge >= 0.3 is 6.03 Å². The zero-order chi connectivity index (χ0) is 34.2. The van der Waals surface area contributed by atoms with Crippen LogP contribution in [0.1, 0.15) is 61.9 Å². The zero-order valence-electron chi connectivity index (χ0n) is 28.5. The van der Waals surface area contributed by atoms with Gasteiger partial charge in [-0.05, 0) is 111 Å². The molecule has 0 aliphatic carbocycles. The van der Waals surface area contributed by atoms with Gasteiger partial charge in [0.15, 0.2) is 11.5 Å². The van der Waals surface area contributed by atoms with Crippen molar-refractivity contribution in [2.75, 3.05) is 30.8 Å². The van der Waals surface area contributed by atoms with Gasteiger partial charge in [0.25, 0.3) is 5.91 Å². The summed E-state index contributed by atoms with van der Waals surface area (Å²) < 4.78 is 13.9. The minimum absolute atomic E-state index is 0.141. The Morgan fingerprint density at radius 1 is 0.796 bits per heavy atom. The highest BCUT2D eigenvalue weighted by atomic mass is 16.5. The molecule has 1 aliphatic rings. The molecule has 3 amide bonds. The smallest absolute Gasteiger partial charge is 0.319 e. The van der Waals surface area contributed by atoms with Crippen molar-refractivity contribution in [3.05, 3.63) is 108 Å². The Balaban J connectivity index is 1.09. The monoisotopic (exact) mass is 659 g/mol. The van der Waals surface area contributed by atoms with E-state index in [-0.39, 0.29) is 18.0 Å². The maximum atomic E-state index is 13.2. The lowest BCUT2D eigenvalue weighted by Gasteiger charge is -2.26. The summed E-state index contributed by atoms with van der Waals surface area (Å²) in [6, 6.07) is 28.5. The van der Waals surface area contributed by atoms with Crippen molar-refractivity contribution in [1.29, 1.82) is 0 Å². The van der Waals surface area contributed by atoms with Crippen LogP contribution < -0.4 is 25.4 Å². The van der Waals surface area contributed by atoms with Gasteiger partial charge in [0.05, 0.1) is 12.6 Å². The van der Waals surface area contributed by atoms with Crippen LogP contribution in [0.4, 0.5) is 16.2 Å². The van der Waals surface area contributed by atoms with Crippen molar-refractivity contribution in [2.24, 2.45) is 0 Å². The highest BCUT2D eigenvalue weighted by Crippen LogP contribution is 2.34. The Hall–Kier alpha value is -5.28. The first-order valence-corrected chi connectivity index (χ1v) is 17.2. The number of benzene rings is 4. The summed E-state index contributed by atoms with van der Waals surface area (Å²) >= 11 is 0. The molecule has 0 spiro atoms. The second-order valence-electron chi connectivity index (χ2n) is 12.5. The van der Waals surface area contributed by atoms with E-state index in [1.807, 2.05) is 38.1 Å².